The smallest absolute Gasteiger partial charge is 0.748 e. The van der Waals surface area contributed by atoms with Crippen molar-refractivity contribution in [2.24, 2.45) is 0 Å². The maximum Gasteiger partial charge on any atom is 1.00 e. The molecule has 0 aliphatic heterocycles. The van der Waals surface area contributed by atoms with Crippen molar-refractivity contribution >= 4 is 10.1 Å². The van der Waals surface area contributed by atoms with Gasteiger partial charge in [-0.15, -0.1) is 0 Å². The molecule has 15 heavy (non-hydrogen) atoms. The molecule has 0 saturated carbocycles. The standard InChI is InChI=1S/C4H5F5O4S.K/c5-3(6,7)4(8,9)13-1-2-14(10,11)12;/h1-2H2,(H,10,11,12);/q;+1/p-1. The molecule has 0 radical (unpaired) electrons. The van der Waals surface area contributed by atoms with E-state index in [0.29, 0.717) is 0 Å². The van der Waals surface area contributed by atoms with Crippen molar-refractivity contribution in [3.8, 4) is 0 Å². The molecular weight excluding hydrogens is 278 g/mol. The van der Waals surface area contributed by atoms with Crippen LogP contribution in [0.5, 0.6) is 0 Å². The maximum atomic E-state index is 11.9. The van der Waals surface area contributed by atoms with Crippen LogP contribution in [0.3, 0.4) is 0 Å². The van der Waals surface area contributed by atoms with Gasteiger partial charge in [-0.2, -0.15) is 22.0 Å². The zero-order valence-corrected chi connectivity index (χ0v) is 11.3. The first-order chi connectivity index (χ1) is 5.96. The number of hydrogen-bond acceptors (Lipinski definition) is 4. The molecule has 0 aliphatic rings. The zero-order valence-electron chi connectivity index (χ0n) is 7.35. The van der Waals surface area contributed by atoms with Gasteiger partial charge in [0.1, 0.15) is 0 Å². The van der Waals surface area contributed by atoms with Crippen molar-refractivity contribution in [3.63, 3.8) is 0 Å². The average molecular weight is 282 g/mol. The van der Waals surface area contributed by atoms with Crippen molar-refractivity contribution in [1.29, 1.82) is 0 Å². The van der Waals surface area contributed by atoms with Gasteiger partial charge in [-0.05, 0) is 0 Å². The number of alkyl halides is 5. The number of rotatable bonds is 4. The third-order valence-electron chi connectivity index (χ3n) is 0.947. The van der Waals surface area contributed by atoms with Gasteiger partial charge in [0.05, 0.1) is 22.5 Å². The van der Waals surface area contributed by atoms with Crippen molar-refractivity contribution in [2.45, 2.75) is 12.3 Å². The van der Waals surface area contributed by atoms with Crippen LogP contribution in [-0.4, -0.2) is 37.6 Å². The van der Waals surface area contributed by atoms with Crippen LogP contribution in [0, 0.1) is 0 Å². The first-order valence-corrected chi connectivity index (χ1v) is 4.55. The molecule has 0 aromatic carbocycles. The van der Waals surface area contributed by atoms with E-state index in [1.54, 1.807) is 0 Å². The maximum absolute atomic E-state index is 11.9. The largest absolute Gasteiger partial charge is 1.00 e. The summed E-state index contributed by atoms with van der Waals surface area (Å²) in [6, 6.07) is 0. The van der Waals surface area contributed by atoms with Gasteiger partial charge in [0.15, 0.2) is 0 Å². The number of ether oxygens (including phenoxy) is 1. The second-order valence-corrected chi connectivity index (χ2v) is 3.65. The molecule has 0 aromatic rings. The monoisotopic (exact) mass is 282 g/mol. The molecule has 0 N–H and O–H groups in total. The average Bonchev–Trinajstić information content (AvgIpc) is 1.80. The normalized spacial score (nSPS) is 13.5. The van der Waals surface area contributed by atoms with Crippen molar-refractivity contribution < 1.29 is 91.0 Å². The molecule has 4 nitrogen and oxygen atoms in total. The van der Waals surface area contributed by atoms with Gasteiger partial charge in [0, 0.05) is 0 Å². The molecule has 0 heterocycles. The molecule has 0 unspecified atom stereocenters. The fourth-order valence-electron chi connectivity index (χ4n) is 0.354. The third kappa shape index (κ3) is 7.96. The Balaban J connectivity index is 0. The van der Waals surface area contributed by atoms with Gasteiger partial charge in [-0.25, -0.2) is 8.42 Å². The fourth-order valence-corrected chi connectivity index (χ4v) is 0.641. The van der Waals surface area contributed by atoms with E-state index in [1.165, 1.54) is 0 Å². The molecule has 86 valence electrons. The molecular formula is C4H4F5KO4S. The summed E-state index contributed by atoms with van der Waals surface area (Å²) < 4.78 is 90.1. The van der Waals surface area contributed by atoms with Crippen LogP contribution in [0.15, 0.2) is 0 Å². The summed E-state index contributed by atoms with van der Waals surface area (Å²) in [5.74, 6) is -1.45. The van der Waals surface area contributed by atoms with E-state index < -0.39 is 34.8 Å². The topological polar surface area (TPSA) is 66.4 Å². The molecule has 11 heteroatoms. The van der Waals surface area contributed by atoms with Gasteiger partial charge in [-0.3, -0.25) is 0 Å². The van der Waals surface area contributed by atoms with Crippen LogP contribution < -0.4 is 51.4 Å². The van der Waals surface area contributed by atoms with Gasteiger partial charge < -0.3 is 9.29 Å². The summed E-state index contributed by atoms with van der Waals surface area (Å²) in [7, 11) is -4.87. The predicted molar refractivity (Wildman–Crippen MR) is 31.5 cm³/mol. The Morgan fingerprint density at radius 1 is 1.13 bits per heavy atom. The summed E-state index contributed by atoms with van der Waals surface area (Å²) >= 11 is 0. The summed E-state index contributed by atoms with van der Waals surface area (Å²) in [6.07, 6.45) is -11.4. The summed E-state index contributed by atoms with van der Waals surface area (Å²) in [4.78, 5) is 0. The van der Waals surface area contributed by atoms with Crippen LogP contribution in [0.1, 0.15) is 0 Å². The summed E-state index contributed by atoms with van der Waals surface area (Å²) in [5.41, 5.74) is 0. The van der Waals surface area contributed by atoms with E-state index in [2.05, 4.69) is 4.74 Å². The van der Waals surface area contributed by atoms with Crippen LogP contribution in [0.25, 0.3) is 0 Å². The van der Waals surface area contributed by atoms with Crippen LogP contribution in [0.4, 0.5) is 22.0 Å². The quantitative estimate of drug-likeness (QED) is 0.331. The molecule has 0 amide bonds. The van der Waals surface area contributed by atoms with Crippen molar-refractivity contribution in [2.75, 3.05) is 12.4 Å². The van der Waals surface area contributed by atoms with E-state index >= 15 is 0 Å². The summed E-state index contributed by atoms with van der Waals surface area (Å²) in [6.45, 7) is -1.52. The molecule has 0 fully saturated rings. The van der Waals surface area contributed by atoms with E-state index in [9.17, 15) is 34.9 Å². The van der Waals surface area contributed by atoms with E-state index in [1.807, 2.05) is 0 Å². The minimum absolute atomic E-state index is 0. The van der Waals surface area contributed by atoms with Gasteiger partial charge in [-0.1, -0.05) is 0 Å². The first kappa shape index (κ1) is 18.5. The minimum Gasteiger partial charge on any atom is -0.748 e. The Kier molecular flexibility index (Phi) is 7.64. The van der Waals surface area contributed by atoms with Crippen LogP contribution in [-0.2, 0) is 14.9 Å². The van der Waals surface area contributed by atoms with Gasteiger partial charge in [0.2, 0.25) is 0 Å². The second kappa shape index (κ2) is 6.19. The fraction of sp³-hybridized carbons (Fsp3) is 1.00. The van der Waals surface area contributed by atoms with Gasteiger partial charge in [0.25, 0.3) is 0 Å². The van der Waals surface area contributed by atoms with Gasteiger partial charge >= 0.3 is 63.7 Å². The van der Waals surface area contributed by atoms with Crippen LogP contribution in [0.2, 0.25) is 0 Å². The molecule has 0 aromatic heterocycles. The van der Waals surface area contributed by atoms with E-state index in [0.717, 1.165) is 0 Å². The molecule has 0 saturated heterocycles. The van der Waals surface area contributed by atoms with E-state index in [4.69, 9.17) is 0 Å². The molecule has 0 rings (SSSR count). The first-order valence-electron chi connectivity index (χ1n) is 2.98. The Morgan fingerprint density at radius 2 is 1.53 bits per heavy atom. The SMILES string of the molecule is O=S(=O)([O-])CCOC(F)(F)C(F)(F)F.[K+]. The Hall–Kier alpha value is 1.16. The zero-order chi connectivity index (χ0) is 11.6. The summed E-state index contributed by atoms with van der Waals surface area (Å²) in [5, 5.41) is 0. The number of hydrogen-bond donors (Lipinski definition) is 0. The Morgan fingerprint density at radius 3 is 1.80 bits per heavy atom. The molecule has 0 spiro atoms. The second-order valence-electron chi connectivity index (χ2n) is 2.12. The third-order valence-corrected chi connectivity index (χ3v) is 1.61. The number of halogens is 5. The molecule has 0 bridgehead atoms. The predicted octanol–water partition coefficient (Wildman–Crippen LogP) is -2.29. The van der Waals surface area contributed by atoms with E-state index in [-0.39, 0.29) is 51.4 Å². The van der Waals surface area contributed by atoms with Crippen molar-refractivity contribution in [3.05, 3.63) is 0 Å². The molecule has 0 atom stereocenters. The minimum atomic E-state index is -5.93. The van der Waals surface area contributed by atoms with Crippen LogP contribution >= 0.6 is 0 Å². The Labute approximate surface area is 124 Å². The molecule has 0 aliphatic carbocycles. The van der Waals surface area contributed by atoms with Crippen molar-refractivity contribution in [1.82, 2.24) is 0 Å². The Bertz CT molecular complexity index is 286.